The van der Waals surface area contributed by atoms with Crippen molar-refractivity contribution >= 4 is 31.9 Å². The fourth-order valence-corrected chi connectivity index (χ4v) is 1.55. The molecule has 1 aromatic heterocycles. The van der Waals surface area contributed by atoms with Crippen molar-refractivity contribution in [3.05, 3.63) is 15.5 Å². The largest absolute Gasteiger partial charge is 0.320 e. The number of hydrogen-bond donors (Lipinski definition) is 0. The smallest absolute Gasteiger partial charge is 0.267 e. The van der Waals surface area contributed by atoms with Crippen molar-refractivity contribution in [1.29, 1.82) is 0 Å². The van der Waals surface area contributed by atoms with Gasteiger partial charge in [-0.25, -0.2) is 4.98 Å². The summed E-state index contributed by atoms with van der Waals surface area (Å²) in [6.07, 6.45) is 1.20. The molecule has 0 aromatic carbocycles. The van der Waals surface area contributed by atoms with Gasteiger partial charge in [-0.05, 0) is 31.9 Å². The lowest BCUT2D eigenvalue weighted by Gasteiger charge is -1.98. The van der Waals surface area contributed by atoms with Crippen molar-refractivity contribution in [2.24, 2.45) is 0 Å². The van der Waals surface area contributed by atoms with Crippen molar-refractivity contribution < 1.29 is 8.78 Å². The second kappa shape index (κ2) is 2.96. The van der Waals surface area contributed by atoms with E-state index in [-0.39, 0.29) is 4.73 Å². The molecule has 0 saturated carbocycles. The standard InChI is InChI=1S/C4H2Br2F2N2/c5-2-1-10(4(7)8)3(6)9-2/h1,4H. The van der Waals surface area contributed by atoms with Crippen LogP contribution in [0.15, 0.2) is 15.5 Å². The maximum Gasteiger partial charge on any atom is 0.320 e. The van der Waals surface area contributed by atoms with Crippen LogP contribution in [0.4, 0.5) is 8.78 Å². The molecule has 56 valence electrons. The molecule has 1 rings (SSSR count). The molecule has 2 nitrogen and oxygen atoms in total. The molecule has 6 heteroatoms. The van der Waals surface area contributed by atoms with E-state index in [0.29, 0.717) is 9.17 Å². The minimum atomic E-state index is -2.55. The van der Waals surface area contributed by atoms with Gasteiger partial charge in [-0.2, -0.15) is 8.78 Å². The van der Waals surface area contributed by atoms with E-state index in [4.69, 9.17) is 0 Å². The summed E-state index contributed by atoms with van der Waals surface area (Å²) >= 11 is 5.82. The molecule has 0 N–H and O–H groups in total. The highest BCUT2D eigenvalue weighted by Gasteiger charge is 2.10. The van der Waals surface area contributed by atoms with Crippen LogP contribution in [-0.4, -0.2) is 9.55 Å². The highest BCUT2D eigenvalue weighted by molar-refractivity contribution is 9.11. The zero-order chi connectivity index (χ0) is 7.72. The van der Waals surface area contributed by atoms with Gasteiger partial charge in [-0.3, -0.25) is 4.57 Å². The topological polar surface area (TPSA) is 17.8 Å². The average molecular weight is 276 g/mol. The summed E-state index contributed by atoms with van der Waals surface area (Å²) in [6, 6.07) is 0. The molecule has 0 spiro atoms. The normalized spacial score (nSPS) is 10.9. The van der Waals surface area contributed by atoms with Gasteiger partial charge in [0.25, 0.3) is 0 Å². The van der Waals surface area contributed by atoms with E-state index < -0.39 is 6.55 Å². The molecule has 0 radical (unpaired) electrons. The number of hydrogen-bond acceptors (Lipinski definition) is 1. The number of imidazole rings is 1. The van der Waals surface area contributed by atoms with Gasteiger partial charge in [0.05, 0.1) is 0 Å². The van der Waals surface area contributed by atoms with Crippen LogP contribution in [0, 0.1) is 0 Å². The van der Waals surface area contributed by atoms with Gasteiger partial charge in [0.15, 0.2) is 4.73 Å². The molecule has 0 atom stereocenters. The summed E-state index contributed by atoms with van der Waals surface area (Å²) in [5, 5.41) is 0. The van der Waals surface area contributed by atoms with Crippen molar-refractivity contribution in [1.82, 2.24) is 9.55 Å². The average Bonchev–Trinajstić information content (AvgIpc) is 2.10. The van der Waals surface area contributed by atoms with Gasteiger partial charge >= 0.3 is 6.55 Å². The van der Waals surface area contributed by atoms with Crippen LogP contribution < -0.4 is 0 Å². The fourth-order valence-electron chi connectivity index (χ4n) is 0.480. The predicted molar refractivity (Wildman–Crippen MR) is 38.9 cm³/mol. The van der Waals surface area contributed by atoms with Crippen LogP contribution in [0.1, 0.15) is 6.55 Å². The second-order valence-electron chi connectivity index (χ2n) is 1.52. The highest BCUT2D eigenvalue weighted by Crippen LogP contribution is 2.21. The van der Waals surface area contributed by atoms with E-state index in [1.165, 1.54) is 6.20 Å². The molecule has 10 heavy (non-hydrogen) atoms. The van der Waals surface area contributed by atoms with Gasteiger partial charge in [-0.15, -0.1) is 0 Å². The van der Waals surface area contributed by atoms with E-state index in [1.807, 2.05) is 0 Å². The maximum absolute atomic E-state index is 11.9. The summed E-state index contributed by atoms with van der Waals surface area (Å²) < 4.78 is 25.0. The Morgan fingerprint density at radius 2 is 2.10 bits per heavy atom. The summed E-state index contributed by atoms with van der Waals surface area (Å²) in [5.41, 5.74) is 0. The quantitative estimate of drug-likeness (QED) is 0.771. The zero-order valence-corrected chi connectivity index (χ0v) is 7.73. The third-order valence-corrected chi connectivity index (χ3v) is 1.84. The molecule has 0 bridgehead atoms. The van der Waals surface area contributed by atoms with E-state index in [2.05, 4.69) is 36.8 Å². The predicted octanol–water partition coefficient (Wildman–Crippen LogP) is 2.80. The number of halogens is 4. The molecule has 0 saturated heterocycles. The highest BCUT2D eigenvalue weighted by atomic mass is 79.9. The van der Waals surface area contributed by atoms with Crippen molar-refractivity contribution in [3.63, 3.8) is 0 Å². The monoisotopic (exact) mass is 274 g/mol. The molecular weight excluding hydrogens is 274 g/mol. The number of nitrogens with zero attached hydrogens (tertiary/aromatic N) is 2. The minimum Gasteiger partial charge on any atom is -0.267 e. The molecule has 0 amide bonds. The summed E-state index contributed by atoms with van der Waals surface area (Å²) in [7, 11) is 0. The lowest BCUT2D eigenvalue weighted by atomic mass is 10.9. The first-order valence-corrected chi connectivity index (χ1v) is 3.88. The molecule has 0 aliphatic rings. The summed E-state index contributed by atoms with van der Waals surface area (Å²) in [5.74, 6) is 0. The Balaban J connectivity index is 3.03. The Bertz CT molecular complexity index is 235. The molecule has 0 aliphatic heterocycles. The van der Waals surface area contributed by atoms with Gasteiger partial charge < -0.3 is 0 Å². The van der Waals surface area contributed by atoms with E-state index >= 15 is 0 Å². The first-order valence-electron chi connectivity index (χ1n) is 2.29. The van der Waals surface area contributed by atoms with E-state index in [9.17, 15) is 8.78 Å². The third kappa shape index (κ3) is 1.54. The lowest BCUT2D eigenvalue weighted by Crippen LogP contribution is -1.95. The van der Waals surface area contributed by atoms with Crippen LogP contribution in [0.5, 0.6) is 0 Å². The first-order chi connectivity index (χ1) is 4.61. The maximum atomic E-state index is 11.9. The van der Waals surface area contributed by atoms with Crippen LogP contribution in [0.2, 0.25) is 0 Å². The lowest BCUT2D eigenvalue weighted by molar-refractivity contribution is 0.0676. The van der Waals surface area contributed by atoms with Gasteiger partial charge in [0, 0.05) is 6.20 Å². The molecule has 0 fully saturated rings. The van der Waals surface area contributed by atoms with E-state index in [0.717, 1.165) is 0 Å². The van der Waals surface area contributed by atoms with Gasteiger partial charge in [-0.1, -0.05) is 0 Å². The SMILES string of the molecule is FC(F)n1cc(Br)nc1Br. The molecular formula is C4H2Br2F2N2. The van der Waals surface area contributed by atoms with Crippen molar-refractivity contribution in [2.45, 2.75) is 6.55 Å². The Morgan fingerprint density at radius 3 is 2.30 bits per heavy atom. The van der Waals surface area contributed by atoms with Crippen LogP contribution in [-0.2, 0) is 0 Å². The zero-order valence-electron chi connectivity index (χ0n) is 4.56. The number of aromatic nitrogens is 2. The van der Waals surface area contributed by atoms with Crippen LogP contribution in [0.3, 0.4) is 0 Å². The van der Waals surface area contributed by atoms with Gasteiger partial charge in [0.1, 0.15) is 4.60 Å². The molecule has 0 aliphatic carbocycles. The Hall–Kier alpha value is 0.0300. The van der Waals surface area contributed by atoms with E-state index in [1.54, 1.807) is 0 Å². The second-order valence-corrected chi connectivity index (χ2v) is 3.04. The Labute approximate surface area is 72.5 Å². The summed E-state index contributed by atoms with van der Waals surface area (Å²) in [4.78, 5) is 3.65. The van der Waals surface area contributed by atoms with Crippen molar-refractivity contribution in [3.8, 4) is 0 Å². The summed E-state index contributed by atoms with van der Waals surface area (Å²) in [6.45, 7) is -2.55. The Kier molecular flexibility index (Phi) is 2.40. The first kappa shape index (κ1) is 8.13. The molecule has 1 heterocycles. The van der Waals surface area contributed by atoms with Crippen molar-refractivity contribution in [2.75, 3.05) is 0 Å². The Morgan fingerprint density at radius 1 is 1.50 bits per heavy atom. The van der Waals surface area contributed by atoms with Crippen LogP contribution >= 0.6 is 31.9 Å². The van der Waals surface area contributed by atoms with Gasteiger partial charge in [0.2, 0.25) is 0 Å². The minimum absolute atomic E-state index is 0.120. The molecule has 1 aromatic rings. The molecule has 0 unspecified atom stereocenters. The fraction of sp³-hybridized carbons (Fsp3) is 0.250. The number of rotatable bonds is 1. The number of alkyl halides is 2. The third-order valence-electron chi connectivity index (χ3n) is 0.868. The van der Waals surface area contributed by atoms with Crippen LogP contribution in [0.25, 0.3) is 0 Å².